The second-order valence-corrected chi connectivity index (χ2v) is 4.98. The highest BCUT2D eigenvalue weighted by molar-refractivity contribution is 5.04. The molecule has 0 unspecified atom stereocenters. The Kier molecular flexibility index (Phi) is 4.46. The summed E-state index contributed by atoms with van der Waals surface area (Å²) >= 11 is 0. The summed E-state index contributed by atoms with van der Waals surface area (Å²) in [4.78, 5) is 0. The van der Waals surface area contributed by atoms with Crippen LogP contribution in [-0.2, 0) is 6.54 Å². The molecule has 16 heavy (non-hydrogen) atoms. The lowest BCUT2D eigenvalue weighted by molar-refractivity contribution is 0.331. The summed E-state index contributed by atoms with van der Waals surface area (Å²) in [6, 6.07) is 4.08. The van der Waals surface area contributed by atoms with Gasteiger partial charge in [0.05, 0.1) is 6.54 Å². The van der Waals surface area contributed by atoms with Crippen molar-refractivity contribution < 1.29 is 4.42 Å². The summed E-state index contributed by atoms with van der Waals surface area (Å²) in [5.74, 6) is 3.03. The van der Waals surface area contributed by atoms with Gasteiger partial charge in [-0.1, -0.05) is 32.1 Å². The summed E-state index contributed by atoms with van der Waals surface area (Å²) in [5.41, 5.74) is 0. The zero-order valence-electron chi connectivity index (χ0n) is 10.3. The van der Waals surface area contributed by atoms with Crippen LogP contribution in [0.1, 0.15) is 50.0 Å². The minimum Gasteiger partial charge on any atom is -0.465 e. The van der Waals surface area contributed by atoms with E-state index in [4.69, 9.17) is 4.42 Å². The smallest absolute Gasteiger partial charge is 0.117 e. The maximum atomic E-state index is 5.51. The summed E-state index contributed by atoms with van der Waals surface area (Å²) in [5, 5.41) is 3.47. The van der Waals surface area contributed by atoms with E-state index in [0.717, 1.165) is 30.5 Å². The number of hydrogen-bond acceptors (Lipinski definition) is 2. The van der Waals surface area contributed by atoms with E-state index >= 15 is 0 Å². The fourth-order valence-corrected chi connectivity index (χ4v) is 2.57. The molecule has 1 heterocycles. The Morgan fingerprint density at radius 3 is 2.75 bits per heavy atom. The van der Waals surface area contributed by atoms with Crippen molar-refractivity contribution in [1.29, 1.82) is 0 Å². The third kappa shape index (κ3) is 3.67. The Balaban J connectivity index is 1.57. The fourth-order valence-electron chi connectivity index (χ4n) is 2.57. The molecule has 0 atom stereocenters. The number of nitrogens with one attached hydrogen (secondary N) is 1. The van der Waals surface area contributed by atoms with Gasteiger partial charge in [-0.25, -0.2) is 0 Å². The molecule has 90 valence electrons. The molecule has 1 N–H and O–H groups in total. The van der Waals surface area contributed by atoms with Gasteiger partial charge in [0.15, 0.2) is 0 Å². The van der Waals surface area contributed by atoms with Crippen LogP contribution < -0.4 is 5.32 Å². The normalized spacial score (nSPS) is 17.8. The first-order valence-electron chi connectivity index (χ1n) is 6.60. The lowest BCUT2D eigenvalue weighted by atomic mass is 9.87. The van der Waals surface area contributed by atoms with Gasteiger partial charge in [0.25, 0.3) is 0 Å². The van der Waals surface area contributed by atoms with E-state index in [1.807, 2.05) is 13.0 Å². The monoisotopic (exact) mass is 221 g/mol. The molecule has 1 fully saturated rings. The van der Waals surface area contributed by atoms with Crippen molar-refractivity contribution >= 4 is 0 Å². The van der Waals surface area contributed by atoms with Crippen LogP contribution in [0.3, 0.4) is 0 Å². The van der Waals surface area contributed by atoms with Crippen LogP contribution in [-0.4, -0.2) is 6.54 Å². The van der Waals surface area contributed by atoms with Crippen LogP contribution in [0.25, 0.3) is 0 Å². The predicted octanol–water partition coefficient (Wildman–Crippen LogP) is 3.65. The van der Waals surface area contributed by atoms with E-state index in [0.29, 0.717) is 0 Å². The molecule has 0 bridgehead atoms. The van der Waals surface area contributed by atoms with Gasteiger partial charge in [0.2, 0.25) is 0 Å². The molecular formula is C14H23NO. The standard InChI is InChI=1S/C14H23NO/c1-12-7-8-14(16-12)11-15-10-9-13-5-3-2-4-6-13/h7-8,13,15H,2-6,9-11H2,1H3. The molecule has 2 rings (SSSR count). The summed E-state index contributed by atoms with van der Waals surface area (Å²) < 4.78 is 5.51. The van der Waals surface area contributed by atoms with Gasteiger partial charge in [0.1, 0.15) is 11.5 Å². The van der Waals surface area contributed by atoms with Crippen molar-refractivity contribution in [3.05, 3.63) is 23.7 Å². The number of hydrogen-bond donors (Lipinski definition) is 1. The average Bonchev–Trinajstić information content (AvgIpc) is 2.72. The fraction of sp³-hybridized carbons (Fsp3) is 0.714. The second-order valence-electron chi connectivity index (χ2n) is 4.98. The van der Waals surface area contributed by atoms with Crippen LogP contribution in [0.2, 0.25) is 0 Å². The second kappa shape index (κ2) is 6.09. The minimum absolute atomic E-state index is 0.876. The molecule has 2 nitrogen and oxygen atoms in total. The largest absolute Gasteiger partial charge is 0.465 e. The lowest BCUT2D eigenvalue weighted by Gasteiger charge is -2.21. The Labute approximate surface area is 98.4 Å². The highest BCUT2D eigenvalue weighted by Crippen LogP contribution is 2.25. The molecule has 0 spiro atoms. The van der Waals surface area contributed by atoms with Crippen molar-refractivity contribution in [2.24, 2.45) is 5.92 Å². The van der Waals surface area contributed by atoms with Crippen LogP contribution in [0, 0.1) is 12.8 Å². The van der Waals surface area contributed by atoms with Gasteiger partial charge in [0, 0.05) is 0 Å². The Morgan fingerprint density at radius 1 is 1.25 bits per heavy atom. The van der Waals surface area contributed by atoms with Gasteiger partial charge in [-0.3, -0.25) is 0 Å². The van der Waals surface area contributed by atoms with E-state index < -0.39 is 0 Å². The molecule has 2 heteroatoms. The SMILES string of the molecule is Cc1ccc(CNCCC2CCCCC2)o1. The van der Waals surface area contributed by atoms with Crippen LogP contribution in [0.5, 0.6) is 0 Å². The molecule has 0 amide bonds. The first kappa shape index (κ1) is 11.7. The Bertz CT molecular complexity index is 299. The van der Waals surface area contributed by atoms with Crippen molar-refractivity contribution in [1.82, 2.24) is 5.32 Å². The van der Waals surface area contributed by atoms with Gasteiger partial charge in [-0.2, -0.15) is 0 Å². The quantitative estimate of drug-likeness (QED) is 0.768. The van der Waals surface area contributed by atoms with Gasteiger partial charge >= 0.3 is 0 Å². The van der Waals surface area contributed by atoms with Crippen molar-refractivity contribution in [2.75, 3.05) is 6.54 Å². The molecule has 1 saturated carbocycles. The summed E-state index contributed by atoms with van der Waals surface area (Å²) in [7, 11) is 0. The van der Waals surface area contributed by atoms with E-state index in [1.165, 1.54) is 38.5 Å². The molecule has 1 aromatic rings. The predicted molar refractivity (Wildman–Crippen MR) is 66.3 cm³/mol. The molecule has 0 radical (unpaired) electrons. The summed E-state index contributed by atoms with van der Waals surface area (Å²) in [6.45, 7) is 4.00. The molecule has 0 aliphatic heterocycles. The van der Waals surface area contributed by atoms with Crippen molar-refractivity contribution in [2.45, 2.75) is 52.0 Å². The highest BCUT2D eigenvalue weighted by atomic mass is 16.3. The third-order valence-corrected chi connectivity index (χ3v) is 3.55. The molecule has 0 aromatic carbocycles. The molecule has 1 aliphatic rings. The summed E-state index contributed by atoms with van der Waals surface area (Å²) in [6.07, 6.45) is 8.57. The van der Waals surface area contributed by atoms with E-state index in [2.05, 4.69) is 11.4 Å². The molecule has 1 aromatic heterocycles. The first-order chi connectivity index (χ1) is 7.84. The number of furan rings is 1. The maximum absolute atomic E-state index is 5.51. The van der Waals surface area contributed by atoms with E-state index in [1.54, 1.807) is 0 Å². The Hall–Kier alpha value is -0.760. The topological polar surface area (TPSA) is 25.2 Å². The third-order valence-electron chi connectivity index (χ3n) is 3.55. The molecular weight excluding hydrogens is 198 g/mol. The molecule has 1 aliphatic carbocycles. The molecule has 0 saturated heterocycles. The van der Waals surface area contributed by atoms with Crippen molar-refractivity contribution in [3.63, 3.8) is 0 Å². The number of aryl methyl sites for hydroxylation is 1. The Morgan fingerprint density at radius 2 is 2.06 bits per heavy atom. The first-order valence-corrected chi connectivity index (χ1v) is 6.60. The highest BCUT2D eigenvalue weighted by Gasteiger charge is 2.12. The number of rotatable bonds is 5. The van der Waals surface area contributed by atoms with Gasteiger partial charge in [-0.15, -0.1) is 0 Å². The van der Waals surface area contributed by atoms with E-state index in [-0.39, 0.29) is 0 Å². The van der Waals surface area contributed by atoms with Crippen LogP contribution in [0.15, 0.2) is 16.5 Å². The van der Waals surface area contributed by atoms with Crippen molar-refractivity contribution in [3.8, 4) is 0 Å². The van der Waals surface area contributed by atoms with Gasteiger partial charge in [-0.05, 0) is 37.9 Å². The lowest BCUT2D eigenvalue weighted by Crippen LogP contribution is -2.18. The zero-order chi connectivity index (χ0) is 11.2. The van der Waals surface area contributed by atoms with Gasteiger partial charge < -0.3 is 9.73 Å². The van der Waals surface area contributed by atoms with E-state index in [9.17, 15) is 0 Å². The average molecular weight is 221 g/mol. The van der Waals surface area contributed by atoms with Crippen LogP contribution >= 0.6 is 0 Å². The minimum atomic E-state index is 0.876. The maximum Gasteiger partial charge on any atom is 0.117 e. The zero-order valence-corrected chi connectivity index (χ0v) is 10.3. The van der Waals surface area contributed by atoms with Crippen LogP contribution in [0.4, 0.5) is 0 Å².